The van der Waals surface area contributed by atoms with Crippen LogP contribution in [0.2, 0.25) is 0 Å². The topological polar surface area (TPSA) is 90.5 Å². The number of hydrogen-bond acceptors (Lipinski definition) is 6. The molecule has 1 fully saturated rings. The lowest BCUT2D eigenvalue weighted by Crippen LogP contribution is -2.33. The van der Waals surface area contributed by atoms with Crippen LogP contribution in [0.15, 0.2) is 0 Å². The maximum absolute atomic E-state index is 11.9. The molecule has 1 aliphatic heterocycles. The summed E-state index contributed by atoms with van der Waals surface area (Å²) >= 11 is 1.40. The Balaban J connectivity index is 1.71. The van der Waals surface area contributed by atoms with Crippen molar-refractivity contribution in [3.63, 3.8) is 0 Å². The second-order valence-corrected chi connectivity index (χ2v) is 7.02. The lowest BCUT2D eigenvalue weighted by Gasteiger charge is -2.16. The Morgan fingerprint density at radius 2 is 2.12 bits per heavy atom. The molecule has 8 nitrogen and oxygen atoms in total. The van der Waals surface area contributed by atoms with E-state index in [4.69, 9.17) is 0 Å². The van der Waals surface area contributed by atoms with E-state index in [1.165, 1.54) is 11.3 Å². The minimum atomic E-state index is -0.302. The van der Waals surface area contributed by atoms with Gasteiger partial charge in [0.05, 0.1) is 0 Å². The lowest BCUT2D eigenvalue weighted by atomic mass is 10.1. The van der Waals surface area contributed by atoms with E-state index < -0.39 is 0 Å². The van der Waals surface area contributed by atoms with Gasteiger partial charge in [0.1, 0.15) is 5.01 Å². The van der Waals surface area contributed by atoms with Crippen molar-refractivity contribution in [2.24, 2.45) is 5.92 Å². The van der Waals surface area contributed by atoms with Crippen LogP contribution in [0.1, 0.15) is 25.3 Å². The van der Waals surface area contributed by atoms with Crippen molar-refractivity contribution < 1.29 is 9.59 Å². The highest BCUT2D eigenvalue weighted by atomic mass is 32.1. The highest BCUT2D eigenvalue weighted by Crippen LogP contribution is 2.17. The van der Waals surface area contributed by atoms with Crippen LogP contribution < -0.4 is 10.6 Å². The fourth-order valence-corrected chi connectivity index (χ4v) is 3.39. The van der Waals surface area contributed by atoms with Gasteiger partial charge in [0, 0.05) is 45.4 Å². The molecule has 1 saturated heterocycles. The van der Waals surface area contributed by atoms with E-state index in [0.29, 0.717) is 24.6 Å². The van der Waals surface area contributed by atoms with Crippen LogP contribution >= 0.6 is 11.3 Å². The van der Waals surface area contributed by atoms with Crippen LogP contribution in [0, 0.1) is 5.92 Å². The number of aromatic nitrogens is 2. The molecule has 1 atom stereocenters. The summed E-state index contributed by atoms with van der Waals surface area (Å²) in [6.07, 6.45) is 1.32. The third-order valence-corrected chi connectivity index (χ3v) is 5.09. The van der Waals surface area contributed by atoms with Crippen LogP contribution in [0.4, 0.5) is 9.93 Å². The van der Waals surface area contributed by atoms with Crippen molar-refractivity contribution >= 4 is 28.4 Å². The third-order valence-electron chi connectivity index (χ3n) is 4.20. The first-order chi connectivity index (χ1) is 11.5. The number of hydrogen-bond donors (Lipinski definition) is 2. The zero-order valence-corrected chi connectivity index (χ0v) is 15.4. The van der Waals surface area contributed by atoms with E-state index in [2.05, 4.69) is 39.6 Å². The van der Waals surface area contributed by atoms with Crippen LogP contribution in [0.5, 0.6) is 0 Å². The van der Waals surface area contributed by atoms with Gasteiger partial charge in [0.25, 0.3) is 0 Å². The first-order valence-electron chi connectivity index (χ1n) is 8.35. The van der Waals surface area contributed by atoms with Crippen molar-refractivity contribution in [2.75, 3.05) is 45.1 Å². The molecule has 2 N–H and O–H groups in total. The van der Waals surface area contributed by atoms with Gasteiger partial charge in [-0.2, -0.15) is 0 Å². The normalized spacial score (nSPS) is 17.6. The number of nitrogens with zero attached hydrogens (tertiary/aromatic N) is 4. The molecule has 2 heterocycles. The summed E-state index contributed by atoms with van der Waals surface area (Å²) in [4.78, 5) is 27.4. The van der Waals surface area contributed by atoms with Crippen molar-refractivity contribution in [2.45, 2.75) is 26.7 Å². The van der Waals surface area contributed by atoms with Gasteiger partial charge in [0.15, 0.2) is 0 Å². The average Bonchev–Trinajstić information content (AvgIpc) is 3.13. The van der Waals surface area contributed by atoms with Gasteiger partial charge in [-0.25, -0.2) is 4.79 Å². The molecule has 0 radical (unpaired) electrons. The minimum absolute atomic E-state index is 0.129. The Labute approximate surface area is 146 Å². The van der Waals surface area contributed by atoms with E-state index in [-0.39, 0.29) is 17.9 Å². The number of amides is 3. The molecule has 9 heteroatoms. The summed E-state index contributed by atoms with van der Waals surface area (Å²) < 4.78 is 0. The first kappa shape index (κ1) is 18.6. The van der Waals surface area contributed by atoms with Crippen LogP contribution in [-0.4, -0.2) is 71.7 Å². The zero-order chi connectivity index (χ0) is 17.5. The number of likely N-dealkylation sites (tertiary alicyclic amines) is 1. The SMILES string of the molecule is CCN(CC)CCc1nnc(NC(=O)NCC2CC(=O)N(C)C2)s1. The first-order valence-corrected chi connectivity index (χ1v) is 9.17. The molecule has 0 saturated carbocycles. The molecule has 24 heavy (non-hydrogen) atoms. The maximum Gasteiger partial charge on any atom is 0.321 e. The molecule has 1 aliphatic rings. The Kier molecular flexibility index (Phi) is 6.92. The second kappa shape index (κ2) is 8.93. The molecule has 0 bridgehead atoms. The Hall–Kier alpha value is -1.74. The predicted molar refractivity (Wildman–Crippen MR) is 94.2 cm³/mol. The Bertz CT molecular complexity index is 560. The van der Waals surface area contributed by atoms with E-state index in [9.17, 15) is 9.59 Å². The van der Waals surface area contributed by atoms with Gasteiger partial charge in [-0.15, -0.1) is 10.2 Å². The van der Waals surface area contributed by atoms with Crippen molar-refractivity contribution in [1.29, 1.82) is 0 Å². The molecule has 0 aromatic carbocycles. The molecular formula is C15H26N6O2S. The summed E-state index contributed by atoms with van der Waals surface area (Å²) in [7, 11) is 1.78. The molecule has 2 rings (SSSR count). The average molecular weight is 354 g/mol. The van der Waals surface area contributed by atoms with Gasteiger partial charge in [-0.05, 0) is 13.1 Å². The Morgan fingerprint density at radius 3 is 2.75 bits per heavy atom. The lowest BCUT2D eigenvalue weighted by molar-refractivity contribution is -0.126. The van der Waals surface area contributed by atoms with E-state index in [0.717, 1.165) is 31.1 Å². The number of urea groups is 1. The molecule has 0 aliphatic carbocycles. The largest absolute Gasteiger partial charge is 0.345 e. The molecule has 0 spiro atoms. The van der Waals surface area contributed by atoms with E-state index in [1.54, 1.807) is 11.9 Å². The standard InChI is InChI=1S/C15H26N6O2S/c1-4-21(5-2)7-6-12-18-19-15(24-12)17-14(23)16-9-11-8-13(22)20(3)10-11/h11H,4-10H2,1-3H3,(H2,16,17,19,23). The van der Waals surface area contributed by atoms with Gasteiger partial charge in [-0.1, -0.05) is 25.2 Å². The smallest absolute Gasteiger partial charge is 0.321 e. The molecule has 134 valence electrons. The highest BCUT2D eigenvalue weighted by Gasteiger charge is 2.26. The number of nitrogens with one attached hydrogen (secondary N) is 2. The number of carbonyl (C=O) groups excluding carboxylic acids is 2. The van der Waals surface area contributed by atoms with Crippen molar-refractivity contribution in [3.05, 3.63) is 5.01 Å². The number of rotatable bonds is 8. The fourth-order valence-electron chi connectivity index (χ4n) is 2.67. The maximum atomic E-state index is 11.9. The quantitative estimate of drug-likeness (QED) is 0.727. The van der Waals surface area contributed by atoms with Crippen LogP contribution in [0.3, 0.4) is 0 Å². The number of likely N-dealkylation sites (N-methyl/N-ethyl adjacent to an activating group) is 1. The van der Waals surface area contributed by atoms with Gasteiger partial charge in [0.2, 0.25) is 11.0 Å². The van der Waals surface area contributed by atoms with Crippen molar-refractivity contribution in [3.8, 4) is 0 Å². The monoisotopic (exact) mass is 354 g/mol. The van der Waals surface area contributed by atoms with E-state index in [1.807, 2.05) is 0 Å². The number of carbonyl (C=O) groups is 2. The summed E-state index contributed by atoms with van der Waals surface area (Å²) in [5, 5.41) is 15.0. The molecule has 1 aromatic rings. The predicted octanol–water partition coefficient (Wildman–Crippen LogP) is 1.02. The second-order valence-electron chi connectivity index (χ2n) is 5.96. The summed E-state index contributed by atoms with van der Waals surface area (Å²) in [5.74, 6) is 0.302. The zero-order valence-electron chi connectivity index (χ0n) is 14.5. The van der Waals surface area contributed by atoms with Gasteiger partial charge < -0.3 is 15.1 Å². The Morgan fingerprint density at radius 1 is 1.38 bits per heavy atom. The molecule has 1 aromatic heterocycles. The van der Waals surface area contributed by atoms with E-state index >= 15 is 0 Å². The molecule has 1 unspecified atom stereocenters. The van der Waals surface area contributed by atoms with Crippen molar-refractivity contribution in [1.82, 2.24) is 25.3 Å². The molecular weight excluding hydrogens is 328 g/mol. The van der Waals surface area contributed by atoms with Crippen LogP contribution in [-0.2, 0) is 11.2 Å². The minimum Gasteiger partial charge on any atom is -0.345 e. The summed E-state index contributed by atoms with van der Waals surface area (Å²) in [6.45, 7) is 8.41. The number of anilines is 1. The summed E-state index contributed by atoms with van der Waals surface area (Å²) in [6, 6.07) is -0.302. The van der Waals surface area contributed by atoms with Gasteiger partial charge >= 0.3 is 6.03 Å². The highest BCUT2D eigenvalue weighted by molar-refractivity contribution is 7.15. The summed E-state index contributed by atoms with van der Waals surface area (Å²) in [5.41, 5.74) is 0. The molecule has 3 amide bonds. The van der Waals surface area contributed by atoms with Crippen LogP contribution in [0.25, 0.3) is 0 Å². The third kappa shape index (κ3) is 5.41. The van der Waals surface area contributed by atoms with Gasteiger partial charge in [-0.3, -0.25) is 10.1 Å². The fraction of sp³-hybridized carbons (Fsp3) is 0.733.